The molecule has 0 aliphatic heterocycles. The molecule has 1 aromatic rings. The smallest absolute Gasteiger partial charge is 0.304 e. The minimum atomic E-state index is -0.675. The number of carbonyl (C=O) groups is 1. The van der Waals surface area contributed by atoms with Gasteiger partial charge in [0, 0.05) is 5.41 Å². The summed E-state index contributed by atoms with van der Waals surface area (Å²) in [4.78, 5) is 11.0. The second-order valence-electron chi connectivity index (χ2n) is 7.93. The van der Waals surface area contributed by atoms with E-state index in [0.717, 1.165) is 12.8 Å². The maximum absolute atomic E-state index is 11.0. The van der Waals surface area contributed by atoms with Crippen LogP contribution >= 0.6 is 0 Å². The summed E-state index contributed by atoms with van der Waals surface area (Å²) in [7, 11) is 0. The van der Waals surface area contributed by atoms with E-state index < -0.39 is 5.97 Å². The largest absolute Gasteiger partial charge is 0.481 e. The minimum Gasteiger partial charge on any atom is -0.481 e. The third kappa shape index (κ3) is 3.14. The Bertz CT molecular complexity index is 523. The zero-order valence-electron chi connectivity index (χ0n) is 13.2. The summed E-state index contributed by atoms with van der Waals surface area (Å²) in [5.74, 6) is 0.00281. The normalized spacial score (nSPS) is 26.3. The maximum atomic E-state index is 11.0. The molecule has 0 amide bonds. The summed E-state index contributed by atoms with van der Waals surface area (Å²) in [5, 5.41) is 9.07. The first-order valence-corrected chi connectivity index (χ1v) is 8.23. The molecule has 0 heterocycles. The van der Waals surface area contributed by atoms with Gasteiger partial charge in [0.15, 0.2) is 0 Å². The second-order valence-corrected chi connectivity index (χ2v) is 7.93. The van der Waals surface area contributed by atoms with Crippen molar-refractivity contribution in [2.24, 2.45) is 5.41 Å². The van der Waals surface area contributed by atoms with E-state index in [-0.39, 0.29) is 11.8 Å². The van der Waals surface area contributed by atoms with Crippen molar-refractivity contribution < 1.29 is 9.90 Å². The van der Waals surface area contributed by atoms with Gasteiger partial charge in [-0.3, -0.25) is 4.79 Å². The molecule has 2 aliphatic carbocycles. The number of carboxylic acid groups (broad SMARTS) is 1. The maximum Gasteiger partial charge on any atom is 0.304 e. The van der Waals surface area contributed by atoms with E-state index in [9.17, 15) is 4.79 Å². The molecule has 2 fully saturated rings. The molecule has 2 saturated carbocycles. The van der Waals surface area contributed by atoms with E-state index in [1.807, 2.05) is 0 Å². The molecule has 0 saturated heterocycles. The van der Waals surface area contributed by atoms with Crippen LogP contribution in [0.2, 0.25) is 0 Å². The molecule has 2 nitrogen and oxygen atoms in total. The monoisotopic (exact) mass is 286 g/mol. The Morgan fingerprint density at radius 3 is 2.38 bits per heavy atom. The molecule has 0 radical (unpaired) electrons. The van der Waals surface area contributed by atoms with E-state index >= 15 is 0 Å². The zero-order valence-corrected chi connectivity index (χ0v) is 13.2. The van der Waals surface area contributed by atoms with Crippen molar-refractivity contribution in [1.82, 2.24) is 0 Å². The zero-order chi connectivity index (χ0) is 15.1. The van der Waals surface area contributed by atoms with Crippen LogP contribution in [0.15, 0.2) is 24.3 Å². The first kappa shape index (κ1) is 14.6. The van der Waals surface area contributed by atoms with Gasteiger partial charge in [-0.05, 0) is 54.6 Å². The third-order valence-electron chi connectivity index (χ3n) is 5.54. The van der Waals surface area contributed by atoms with Crippen LogP contribution in [-0.2, 0) is 10.2 Å². The Balaban J connectivity index is 1.74. The molecule has 1 aromatic carbocycles. The van der Waals surface area contributed by atoms with Gasteiger partial charge in [-0.1, -0.05) is 44.5 Å². The van der Waals surface area contributed by atoms with E-state index in [1.54, 1.807) is 0 Å². The lowest BCUT2D eigenvalue weighted by molar-refractivity contribution is -0.137. The Morgan fingerprint density at radius 1 is 1.19 bits per heavy atom. The van der Waals surface area contributed by atoms with Crippen molar-refractivity contribution in [2.75, 3.05) is 0 Å². The molecule has 0 aromatic heterocycles. The summed E-state index contributed by atoms with van der Waals surface area (Å²) in [6.45, 7) is 4.75. The molecule has 1 atom stereocenters. The van der Waals surface area contributed by atoms with Crippen LogP contribution < -0.4 is 0 Å². The van der Waals surface area contributed by atoms with Gasteiger partial charge in [0.05, 0.1) is 6.42 Å². The lowest BCUT2D eigenvalue weighted by Gasteiger charge is -2.35. The van der Waals surface area contributed by atoms with E-state index in [0.29, 0.717) is 11.3 Å². The molecule has 21 heavy (non-hydrogen) atoms. The average molecular weight is 286 g/mol. The Kier molecular flexibility index (Phi) is 3.59. The van der Waals surface area contributed by atoms with Gasteiger partial charge in [0.1, 0.15) is 0 Å². The Morgan fingerprint density at radius 2 is 1.86 bits per heavy atom. The standard InChI is InChI=1S/C19H26O2/c1-18(2)9-3-4-15(12-18)14-5-7-16(8-6-14)19(10-11-19)13-17(20)21/h5-8,15H,3-4,9-13H2,1-2H3,(H,20,21). The van der Waals surface area contributed by atoms with Gasteiger partial charge >= 0.3 is 5.97 Å². The molecule has 0 bridgehead atoms. The number of benzene rings is 1. The summed E-state index contributed by atoms with van der Waals surface area (Å²) in [6.07, 6.45) is 7.55. The number of carboxylic acids is 1. The summed E-state index contributed by atoms with van der Waals surface area (Å²) in [6, 6.07) is 8.88. The predicted octanol–water partition coefficient (Wildman–Crippen LogP) is 4.88. The van der Waals surface area contributed by atoms with Crippen molar-refractivity contribution in [3.05, 3.63) is 35.4 Å². The summed E-state index contributed by atoms with van der Waals surface area (Å²) < 4.78 is 0. The molecular formula is C19H26O2. The predicted molar refractivity (Wildman–Crippen MR) is 84.6 cm³/mol. The molecule has 0 spiro atoms. The first-order valence-electron chi connectivity index (χ1n) is 8.23. The number of hydrogen-bond donors (Lipinski definition) is 1. The van der Waals surface area contributed by atoms with Crippen molar-refractivity contribution >= 4 is 5.97 Å². The van der Waals surface area contributed by atoms with Gasteiger partial charge < -0.3 is 5.11 Å². The van der Waals surface area contributed by atoms with Crippen molar-refractivity contribution in [2.45, 2.75) is 70.1 Å². The molecule has 3 rings (SSSR count). The van der Waals surface area contributed by atoms with Crippen LogP contribution in [0, 0.1) is 5.41 Å². The van der Waals surface area contributed by atoms with Gasteiger partial charge in [0.2, 0.25) is 0 Å². The van der Waals surface area contributed by atoms with Crippen molar-refractivity contribution in [1.29, 1.82) is 0 Å². The average Bonchev–Trinajstić information content (AvgIpc) is 3.18. The summed E-state index contributed by atoms with van der Waals surface area (Å²) in [5.41, 5.74) is 3.07. The molecule has 1 unspecified atom stereocenters. The lowest BCUT2D eigenvalue weighted by atomic mass is 9.70. The fourth-order valence-corrected chi connectivity index (χ4v) is 4.10. The number of rotatable bonds is 4. The Labute approximate surface area is 127 Å². The highest BCUT2D eigenvalue weighted by atomic mass is 16.4. The van der Waals surface area contributed by atoms with E-state index in [1.165, 1.54) is 36.8 Å². The van der Waals surface area contributed by atoms with Gasteiger partial charge in [-0.15, -0.1) is 0 Å². The fourth-order valence-electron chi connectivity index (χ4n) is 4.10. The van der Waals surface area contributed by atoms with Crippen LogP contribution in [0.1, 0.15) is 75.8 Å². The van der Waals surface area contributed by atoms with E-state index in [2.05, 4.69) is 38.1 Å². The van der Waals surface area contributed by atoms with Gasteiger partial charge in [-0.2, -0.15) is 0 Å². The molecule has 114 valence electrons. The van der Waals surface area contributed by atoms with Crippen molar-refractivity contribution in [3.8, 4) is 0 Å². The van der Waals surface area contributed by atoms with E-state index in [4.69, 9.17) is 5.11 Å². The van der Waals surface area contributed by atoms with Crippen LogP contribution in [0.3, 0.4) is 0 Å². The minimum absolute atomic E-state index is 0.0593. The Hall–Kier alpha value is -1.31. The van der Waals surface area contributed by atoms with Crippen molar-refractivity contribution in [3.63, 3.8) is 0 Å². The first-order chi connectivity index (χ1) is 9.90. The van der Waals surface area contributed by atoms with Crippen LogP contribution in [-0.4, -0.2) is 11.1 Å². The molecule has 2 heteroatoms. The lowest BCUT2D eigenvalue weighted by Crippen LogP contribution is -2.21. The highest BCUT2D eigenvalue weighted by Crippen LogP contribution is 2.51. The van der Waals surface area contributed by atoms with Crippen LogP contribution in [0.5, 0.6) is 0 Å². The SMILES string of the molecule is CC1(C)CCCC(c2ccc(C3(CC(=O)O)CC3)cc2)C1. The number of hydrogen-bond acceptors (Lipinski definition) is 1. The summed E-state index contributed by atoms with van der Waals surface area (Å²) >= 11 is 0. The third-order valence-corrected chi connectivity index (χ3v) is 5.54. The van der Waals surface area contributed by atoms with Crippen LogP contribution in [0.25, 0.3) is 0 Å². The highest BCUT2D eigenvalue weighted by Gasteiger charge is 2.45. The quantitative estimate of drug-likeness (QED) is 0.856. The molecule has 2 aliphatic rings. The number of aliphatic carboxylic acids is 1. The topological polar surface area (TPSA) is 37.3 Å². The highest BCUT2D eigenvalue weighted by molar-refractivity contribution is 5.70. The fraction of sp³-hybridized carbons (Fsp3) is 0.632. The van der Waals surface area contributed by atoms with Gasteiger partial charge in [0.25, 0.3) is 0 Å². The van der Waals surface area contributed by atoms with Crippen LogP contribution in [0.4, 0.5) is 0 Å². The second kappa shape index (κ2) is 5.15. The molecule has 1 N–H and O–H groups in total. The van der Waals surface area contributed by atoms with Gasteiger partial charge in [-0.25, -0.2) is 0 Å². The molecular weight excluding hydrogens is 260 g/mol.